The maximum atomic E-state index is 13.2. The normalized spacial score (nSPS) is 18.8. The summed E-state index contributed by atoms with van der Waals surface area (Å²) in [6.07, 6.45) is 4.61. The maximum absolute atomic E-state index is 13.2. The molecule has 1 aliphatic heterocycles. The predicted molar refractivity (Wildman–Crippen MR) is 103 cm³/mol. The zero-order valence-electron chi connectivity index (χ0n) is 15.0. The molecule has 0 aliphatic carbocycles. The number of carbonyl (C=O) groups excluding carboxylic acids is 2. The van der Waals surface area contributed by atoms with E-state index in [9.17, 15) is 9.59 Å². The van der Waals surface area contributed by atoms with E-state index in [0.29, 0.717) is 16.8 Å². The molecule has 8 heteroatoms. The molecule has 0 fully saturated rings. The molecular formula is C20H17N5O3. The fraction of sp³-hybridized carbons (Fsp3) is 0.100. The summed E-state index contributed by atoms with van der Waals surface area (Å²) in [5, 5.41) is 2.76. The molecule has 3 heterocycles. The topological polar surface area (TPSA) is 114 Å². The number of rotatable bonds is 4. The fourth-order valence-corrected chi connectivity index (χ4v) is 3.20. The molecule has 2 amide bonds. The molecule has 1 atom stereocenters. The molecule has 0 saturated heterocycles. The van der Waals surface area contributed by atoms with E-state index in [1.165, 1.54) is 11.2 Å². The highest BCUT2D eigenvalue weighted by Crippen LogP contribution is 2.39. The van der Waals surface area contributed by atoms with Gasteiger partial charge in [-0.2, -0.15) is 0 Å². The number of aromatic nitrogens is 1. The lowest BCUT2D eigenvalue weighted by molar-refractivity contribution is -0.129. The highest BCUT2D eigenvalue weighted by Gasteiger charge is 2.49. The Balaban J connectivity index is 1.79. The zero-order chi connectivity index (χ0) is 19.7. The molecular weight excluding hydrogens is 358 g/mol. The highest BCUT2D eigenvalue weighted by molar-refractivity contribution is 6.09. The van der Waals surface area contributed by atoms with Crippen molar-refractivity contribution >= 4 is 23.5 Å². The number of furan rings is 1. The molecule has 0 radical (unpaired) electrons. The maximum Gasteiger partial charge on any atom is 0.291 e. The number of carbonyl (C=O) groups is 2. The molecule has 28 heavy (non-hydrogen) atoms. The molecule has 1 aliphatic rings. The van der Waals surface area contributed by atoms with Crippen LogP contribution in [0, 0.1) is 0 Å². The molecule has 1 aromatic carbocycles. The van der Waals surface area contributed by atoms with Crippen molar-refractivity contribution in [3.8, 4) is 0 Å². The molecule has 3 N–H and O–H groups in total. The SMILES string of the molecule is CN1C(=O)C(c2ccncc2)(c2cccc(NC(=O)c3ccco3)c2)N=C1N. The van der Waals surface area contributed by atoms with Crippen LogP contribution < -0.4 is 11.1 Å². The summed E-state index contributed by atoms with van der Waals surface area (Å²) < 4.78 is 5.11. The van der Waals surface area contributed by atoms with Gasteiger partial charge in [0, 0.05) is 25.1 Å². The van der Waals surface area contributed by atoms with E-state index >= 15 is 0 Å². The Labute approximate surface area is 160 Å². The second kappa shape index (κ2) is 6.66. The Kier molecular flexibility index (Phi) is 4.15. The van der Waals surface area contributed by atoms with Crippen LogP contribution in [0.4, 0.5) is 5.69 Å². The minimum atomic E-state index is -1.34. The van der Waals surface area contributed by atoms with Crippen LogP contribution in [0.25, 0.3) is 0 Å². The Morgan fingerprint density at radius 2 is 1.93 bits per heavy atom. The Morgan fingerprint density at radius 3 is 2.57 bits per heavy atom. The zero-order valence-corrected chi connectivity index (χ0v) is 15.0. The van der Waals surface area contributed by atoms with Crippen LogP contribution in [0.2, 0.25) is 0 Å². The van der Waals surface area contributed by atoms with E-state index in [2.05, 4.69) is 15.3 Å². The quantitative estimate of drug-likeness (QED) is 0.723. The summed E-state index contributed by atoms with van der Waals surface area (Å²) in [6, 6.07) is 13.6. The number of hydrogen-bond acceptors (Lipinski definition) is 6. The first kappa shape index (κ1) is 17.5. The first-order valence-electron chi connectivity index (χ1n) is 8.52. The van der Waals surface area contributed by atoms with Crippen molar-refractivity contribution in [1.82, 2.24) is 9.88 Å². The first-order chi connectivity index (χ1) is 13.5. The van der Waals surface area contributed by atoms with Crippen LogP contribution in [0.1, 0.15) is 21.7 Å². The molecule has 3 aromatic rings. The molecule has 8 nitrogen and oxygen atoms in total. The van der Waals surface area contributed by atoms with E-state index in [0.717, 1.165) is 0 Å². The van der Waals surface area contributed by atoms with Gasteiger partial charge in [0.15, 0.2) is 17.3 Å². The third kappa shape index (κ3) is 2.71. The molecule has 0 spiro atoms. The summed E-state index contributed by atoms with van der Waals surface area (Å²) in [5.41, 5.74) is 6.33. The molecule has 2 aromatic heterocycles. The smallest absolute Gasteiger partial charge is 0.291 e. The van der Waals surface area contributed by atoms with Gasteiger partial charge in [-0.25, -0.2) is 4.99 Å². The number of nitrogens with zero attached hydrogens (tertiary/aromatic N) is 3. The average Bonchev–Trinajstić information content (AvgIpc) is 3.33. The number of aliphatic imine (C=N–C) groups is 1. The van der Waals surface area contributed by atoms with Crippen LogP contribution in [0.15, 0.2) is 76.6 Å². The summed E-state index contributed by atoms with van der Waals surface area (Å²) in [5.74, 6) is -0.372. The molecule has 1 unspecified atom stereocenters. The number of guanidine groups is 1. The summed E-state index contributed by atoms with van der Waals surface area (Å²) in [4.78, 5) is 35.3. The van der Waals surface area contributed by atoms with Gasteiger partial charge in [0.2, 0.25) is 0 Å². The lowest BCUT2D eigenvalue weighted by Crippen LogP contribution is -2.41. The fourth-order valence-electron chi connectivity index (χ4n) is 3.20. The van der Waals surface area contributed by atoms with Gasteiger partial charge in [0.1, 0.15) is 0 Å². The number of amides is 2. The van der Waals surface area contributed by atoms with Gasteiger partial charge in [-0.05, 0) is 47.5 Å². The standard InChI is InChI=1S/C20H17N5O3/c1-25-18(27)20(24-19(25)21,13-7-9-22-10-8-13)14-4-2-5-15(12-14)23-17(26)16-6-3-11-28-16/h2-12H,1H3,(H2,21,24)(H,23,26). The van der Waals surface area contributed by atoms with Crippen molar-refractivity contribution < 1.29 is 14.0 Å². The Bertz CT molecular complexity index is 1060. The van der Waals surface area contributed by atoms with Gasteiger partial charge in [-0.3, -0.25) is 19.5 Å². The van der Waals surface area contributed by atoms with Crippen LogP contribution in [0.3, 0.4) is 0 Å². The van der Waals surface area contributed by atoms with E-state index < -0.39 is 11.4 Å². The van der Waals surface area contributed by atoms with Gasteiger partial charge in [-0.15, -0.1) is 0 Å². The minimum Gasteiger partial charge on any atom is -0.459 e. The first-order valence-corrected chi connectivity index (χ1v) is 8.52. The number of anilines is 1. The number of likely N-dealkylation sites (N-methyl/N-ethyl adjacent to an activating group) is 1. The van der Waals surface area contributed by atoms with Gasteiger partial charge in [0.25, 0.3) is 11.8 Å². The monoisotopic (exact) mass is 375 g/mol. The second-order valence-electron chi connectivity index (χ2n) is 6.29. The lowest BCUT2D eigenvalue weighted by atomic mass is 9.83. The van der Waals surface area contributed by atoms with E-state index in [4.69, 9.17) is 10.2 Å². The van der Waals surface area contributed by atoms with Crippen molar-refractivity contribution in [2.24, 2.45) is 10.7 Å². The van der Waals surface area contributed by atoms with E-state index in [-0.39, 0.29) is 17.6 Å². The van der Waals surface area contributed by atoms with E-state index in [1.54, 1.807) is 68.0 Å². The van der Waals surface area contributed by atoms with Crippen LogP contribution in [-0.4, -0.2) is 34.7 Å². The minimum absolute atomic E-state index is 0.117. The summed E-state index contributed by atoms with van der Waals surface area (Å²) in [6.45, 7) is 0. The van der Waals surface area contributed by atoms with Crippen LogP contribution in [0.5, 0.6) is 0 Å². The van der Waals surface area contributed by atoms with Crippen molar-refractivity contribution in [3.05, 3.63) is 84.1 Å². The lowest BCUT2D eigenvalue weighted by Gasteiger charge is -2.26. The number of nitrogens with one attached hydrogen (secondary N) is 1. The number of nitrogens with two attached hydrogens (primary N) is 1. The van der Waals surface area contributed by atoms with Crippen molar-refractivity contribution in [2.45, 2.75) is 5.54 Å². The summed E-state index contributed by atoms with van der Waals surface area (Å²) in [7, 11) is 1.58. The average molecular weight is 375 g/mol. The number of pyridine rings is 1. The van der Waals surface area contributed by atoms with Crippen LogP contribution >= 0.6 is 0 Å². The van der Waals surface area contributed by atoms with Crippen LogP contribution in [-0.2, 0) is 10.3 Å². The Hall–Kier alpha value is -3.94. The van der Waals surface area contributed by atoms with E-state index in [1.807, 2.05) is 0 Å². The second-order valence-corrected chi connectivity index (χ2v) is 6.29. The molecule has 0 saturated carbocycles. The molecule has 140 valence electrons. The largest absolute Gasteiger partial charge is 0.459 e. The highest BCUT2D eigenvalue weighted by atomic mass is 16.3. The van der Waals surface area contributed by atoms with Gasteiger partial charge in [0.05, 0.1) is 6.26 Å². The van der Waals surface area contributed by atoms with Crippen molar-refractivity contribution in [1.29, 1.82) is 0 Å². The third-order valence-corrected chi connectivity index (χ3v) is 4.62. The summed E-state index contributed by atoms with van der Waals surface area (Å²) >= 11 is 0. The number of hydrogen-bond donors (Lipinski definition) is 2. The molecule has 0 bridgehead atoms. The van der Waals surface area contributed by atoms with Gasteiger partial charge >= 0.3 is 0 Å². The Morgan fingerprint density at radius 1 is 1.14 bits per heavy atom. The van der Waals surface area contributed by atoms with Crippen molar-refractivity contribution in [2.75, 3.05) is 12.4 Å². The molecule has 4 rings (SSSR count). The third-order valence-electron chi connectivity index (χ3n) is 4.62. The van der Waals surface area contributed by atoms with Crippen molar-refractivity contribution in [3.63, 3.8) is 0 Å². The predicted octanol–water partition coefficient (Wildman–Crippen LogP) is 1.96. The number of benzene rings is 1. The van der Waals surface area contributed by atoms with Gasteiger partial charge in [-0.1, -0.05) is 12.1 Å². The van der Waals surface area contributed by atoms with Gasteiger partial charge < -0.3 is 15.5 Å².